The van der Waals surface area contributed by atoms with Crippen LogP contribution in [0.4, 0.5) is 5.69 Å². The van der Waals surface area contributed by atoms with Crippen molar-refractivity contribution < 1.29 is 14.4 Å². The molecule has 3 fully saturated rings. The smallest absolute Gasteiger partial charge is 0.233 e. The van der Waals surface area contributed by atoms with Crippen LogP contribution in [-0.4, -0.2) is 38.8 Å². The molecule has 1 saturated heterocycles. The molecule has 8 heteroatoms. The van der Waals surface area contributed by atoms with Crippen molar-refractivity contribution in [1.82, 2.24) is 4.90 Å². The average Bonchev–Trinajstić information content (AvgIpc) is 3.29. The third-order valence-corrected chi connectivity index (χ3v) is 10.4. The second-order valence-electron chi connectivity index (χ2n) is 8.20. The maximum Gasteiger partial charge on any atom is 0.233 e. The summed E-state index contributed by atoms with van der Waals surface area (Å²) in [5.74, 6) is 0.301. The Balaban J connectivity index is 1.20. The molecule has 1 aromatic carbocycles. The maximum absolute atomic E-state index is 12.8. The summed E-state index contributed by atoms with van der Waals surface area (Å²) >= 11 is 9.65. The first kappa shape index (κ1) is 21.7. The molecule has 4 rings (SSSR count). The first-order chi connectivity index (χ1) is 13.9. The van der Waals surface area contributed by atoms with Gasteiger partial charge in [-0.2, -0.15) is 0 Å². The van der Waals surface area contributed by atoms with Gasteiger partial charge in [-0.25, -0.2) is 0 Å². The summed E-state index contributed by atoms with van der Waals surface area (Å²) in [5.41, 5.74) is 0.806. The fourth-order valence-corrected chi connectivity index (χ4v) is 7.35. The lowest BCUT2D eigenvalue weighted by Crippen LogP contribution is -2.37. The van der Waals surface area contributed by atoms with Crippen LogP contribution in [0.15, 0.2) is 24.3 Å². The number of benzene rings is 1. The monoisotopic (exact) mass is 636 g/mol. The van der Waals surface area contributed by atoms with Gasteiger partial charge in [-0.15, -0.1) is 0 Å². The first-order valence-electron chi connectivity index (χ1n) is 10.1. The van der Waals surface area contributed by atoms with E-state index < -0.39 is 0 Å². The second kappa shape index (κ2) is 8.94. The molecule has 3 aliphatic rings. The van der Waals surface area contributed by atoms with Gasteiger partial charge in [0.25, 0.3) is 0 Å². The first-order valence-corrected chi connectivity index (χ1v) is 13.0. The molecule has 6 atom stereocenters. The van der Waals surface area contributed by atoms with Crippen molar-refractivity contribution in [2.24, 2.45) is 23.7 Å². The van der Waals surface area contributed by atoms with E-state index in [9.17, 15) is 14.4 Å². The van der Waals surface area contributed by atoms with Gasteiger partial charge in [0.1, 0.15) is 0 Å². The van der Waals surface area contributed by atoms with Crippen molar-refractivity contribution in [3.05, 3.63) is 27.8 Å². The van der Waals surface area contributed by atoms with Crippen LogP contribution in [0.3, 0.4) is 0 Å². The van der Waals surface area contributed by atoms with Gasteiger partial charge < -0.3 is 5.32 Å². The van der Waals surface area contributed by atoms with E-state index in [1.54, 1.807) is 0 Å². The Hall–Kier alpha value is -0.480. The third kappa shape index (κ3) is 4.18. The number of halogens is 3. The molecule has 156 valence electrons. The number of likely N-dealkylation sites (tertiary alicyclic amines) is 1. The van der Waals surface area contributed by atoms with Crippen LogP contribution in [0, 0.1) is 27.2 Å². The molecular formula is C21H23Br2IN2O3. The number of carbonyl (C=O) groups is 3. The Morgan fingerprint density at radius 3 is 2.17 bits per heavy atom. The maximum atomic E-state index is 12.8. The lowest BCUT2D eigenvalue weighted by atomic mass is 9.81. The molecule has 2 aliphatic carbocycles. The predicted octanol–water partition coefficient (Wildman–Crippen LogP) is 4.57. The van der Waals surface area contributed by atoms with Crippen molar-refractivity contribution in [2.75, 3.05) is 11.9 Å². The summed E-state index contributed by atoms with van der Waals surface area (Å²) < 4.78 is 1.13. The van der Waals surface area contributed by atoms with E-state index in [4.69, 9.17) is 0 Å². The molecule has 3 amide bonds. The zero-order valence-corrected chi connectivity index (χ0v) is 21.2. The summed E-state index contributed by atoms with van der Waals surface area (Å²) in [4.78, 5) is 39.8. The normalized spacial score (nSPS) is 32.7. The van der Waals surface area contributed by atoms with E-state index in [-0.39, 0.29) is 51.0 Å². The molecule has 29 heavy (non-hydrogen) atoms. The van der Waals surface area contributed by atoms with Crippen LogP contribution >= 0.6 is 54.5 Å². The van der Waals surface area contributed by atoms with Gasteiger partial charge in [-0.05, 0) is 78.0 Å². The summed E-state index contributed by atoms with van der Waals surface area (Å²) in [6.45, 7) is 0.475. The van der Waals surface area contributed by atoms with E-state index in [2.05, 4.69) is 59.8 Å². The Labute approximate surface area is 201 Å². The molecule has 0 aromatic heterocycles. The van der Waals surface area contributed by atoms with Gasteiger partial charge in [-0.1, -0.05) is 38.3 Å². The molecule has 0 radical (unpaired) electrons. The number of nitrogens with one attached hydrogen (secondary N) is 1. The van der Waals surface area contributed by atoms with E-state index in [1.807, 2.05) is 24.3 Å². The van der Waals surface area contributed by atoms with E-state index >= 15 is 0 Å². The predicted molar refractivity (Wildman–Crippen MR) is 127 cm³/mol. The molecule has 2 saturated carbocycles. The van der Waals surface area contributed by atoms with Crippen LogP contribution in [0.2, 0.25) is 0 Å². The number of fused-ring (bicyclic) bond motifs is 5. The van der Waals surface area contributed by atoms with Crippen molar-refractivity contribution >= 4 is 77.9 Å². The van der Waals surface area contributed by atoms with Gasteiger partial charge in [0.15, 0.2) is 0 Å². The number of nitrogens with zero attached hydrogens (tertiary/aromatic N) is 1. The number of amides is 3. The minimum atomic E-state index is -0.134. The molecule has 0 unspecified atom stereocenters. The number of rotatable bonds is 7. The Morgan fingerprint density at radius 1 is 1.00 bits per heavy atom. The van der Waals surface area contributed by atoms with E-state index in [1.165, 1.54) is 4.90 Å². The van der Waals surface area contributed by atoms with Gasteiger partial charge in [-0.3, -0.25) is 19.3 Å². The van der Waals surface area contributed by atoms with Gasteiger partial charge in [0.05, 0.1) is 11.8 Å². The van der Waals surface area contributed by atoms with Crippen molar-refractivity contribution in [3.8, 4) is 0 Å². The summed E-state index contributed by atoms with van der Waals surface area (Å²) in [5, 5.41) is 2.90. The van der Waals surface area contributed by atoms with E-state index in [0.717, 1.165) is 34.9 Å². The SMILES string of the molecule is O=C(CCCCCN1C(=O)[C@H]2[C@@H]3C[C@@H]([C@@H](Br)[C@@H]3Br)[C@@H]2C1=O)Nc1ccc(I)cc1. The zero-order chi connectivity index (χ0) is 20.7. The standard InChI is InChI=1S/C21H23Br2IN2O3/c22-18-13-10-14(19(18)23)17-16(13)20(28)26(21(17)29)9-3-1-2-4-15(27)25-12-7-5-11(24)6-8-12/h5-8,13-14,16-19H,1-4,9-10H2,(H,25,27)/t13-,14+,16-,17-,18+,19+/m0/s1. The highest BCUT2D eigenvalue weighted by atomic mass is 127. The molecule has 2 bridgehead atoms. The van der Waals surface area contributed by atoms with Gasteiger partial charge in [0, 0.05) is 31.9 Å². The summed E-state index contributed by atoms with van der Waals surface area (Å²) in [6.07, 6.45) is 3.72. The van der Waals surface area contributed by atoms with Gasteiger partial charge >= 0.3 is 0 Å². The minimum absolute atomic E-state index is 0.00244. The lowest BCUT2D eigenvalue weighted by molar-refractivity contribution is -0.140. The highest BCUT2D eigenvalue weighted by molar-refractivity contribution is 14.1. The van der Waals surface area contributed by atoms with Crippen molar-refractivity contribution in [1.29, 1.82) is 0 Å². The Kier molecular flexibility index (Phi) is 6.70. The van der Waals surface area contributed by atoms with Crippen molar-refractivity contribution in [2.45, 2.75) is 41.8 Å². The Bertz CT molecular complexity index is 787. The van der Waals surface area contributed by atoms with Crippen LogP contribution in [-0.2, 0) is 14.4 Å². The number of hydrogen-bond donors (Lipinski definition) is 1. The summed E-state index contributed by atoms with van der Waals surface area (Å²) in [7, 11) is 0. The molecule has 1 heterocycles. The number of anilines is 1. The van der Waals surface area contributed by atoms with Gasteiger partial charge in [0.2, 0.25) is 17.7 Å². The lowest BCUT2D eigenvalue weighted by Gasteiger charge is -2.28. The largest absolute Gasteiger partial charge is 0.326 e. The minimum Gasteiger partial charge on any atom is -0.326 e. The van der Waals surface area contributed by atoms with Crippen LogP contribution in [0.25, 0.3) is 0 Å². The second-order valence-corrected chi connectivity index (χ2v) is 11.6. The van der Waals surface area contributed by atoms with Crippen molar-refractivity contribution in [3.63, 3.8) is 0 Å². The van der Waals surface area contributed by atoms with E-state index in [0.29, 0.717) is 13.0 Å². The fraction of sp³-hybridized carbons (Fsp3) is 0.571. The van der Waals surface area contributed by atoms with Crippen LogP contribution < -0.4 is 5.32 Å². The molecule has 1 aromatic rings. The number of imide groups is 1. The molecule has 0 spiro atoms. The number of carbonyl (C=O) groups excluding carboxylic acids is 3. The molecule has 1 N–H and O–H groups in total. The number of alkyl halides is 2. The quantitative estimate of drug-likeness (QED) is 0.206. The fourth-order valence-electron chi connectivity index (χ4n) is 5.12. The highest BCUT2D eigenvalue weighted by Crippen LogP contribution is 2.60. The van der Waals surface area contributed by atoms with Crippen LogP contribution in [0.1, 0.15) is 32.1 Å². The average molecular weight is 638 g/mol. The summed E-state index contributed by atoms with van der Waals surface area (Å²) in [6, 6.07) is 7.70. The zero-order valence-electron chi connectivity index (χ0n) is 15.8. The Morgan fingerprint density at radius 2 is 1.59 bits per heavy atom. The number of unbranched alkanes of at least 4 members (excludes halogenated alkanes) is 2. The third-order valence-electron chi connectivity index (χ3n) is 6.49. The number of hydrogen-bond acceptors (Lipinski definition) is 3. The van der Waals surface area contributed by atoms with Crippen LogP contribution in [0.5, 0.6) is 0 Å². The topological polar surface area (TPSA) is 66.5 Å². The highest BCUT2D eigenvalue weighted by Gasteiger charge is 2.66. The molecule has 1 aliphatic heterocycles. The molecule has 5 nitrogen and oxygen atoms in total. The molecular weight excluding hydrogens is 615 g/mol.